The van der Waals surface area contributed by atoms with Crippen molar-refractivity contribution in [3.8, 4) is 0 Å². The molecule has 0 aliphatic carbocycles. The first-order valence-electron chi connectivity index (χ1n) is 9.06. The standard InChI is InChI=1S/C22H30N2O/c1-6-24(7-2)16-17-8-10-18(11-9-17)21(25)23-20-14-12-19(13-15-20)22(3,4)5/h8-15H,6-7,16H2,1-5H3,(H,23,25). The van der Waals surface area contributed by atoms with E-state index in [1.165, 1.54) is 11.1 Å². The van der Waals surface area contributed by atoms with Crippen LogP contribution in [0.5, 0.6) is 0 Å². The summed E-state index contributed by atoms with van der Waals surface area (Å²) in [6.07, 6.45) is 0. The Hall–Kier alpha value is -2.13. The molecule has 0 heterocycles. The van der Waals surface area contributed by atoms with Crippen molar-refractivity contribution in [3.63, 3.8) is 0 Å². The van der Waals surface area contributed by atoms with Crippen LogP contribution in [0.1, 0.15) is 56.1 Å². The van der Waals surface area contributed by atoms with Crippen LogP contribution in [0.3, 0.4) is 0 Å². The zero-order chi connectivity index (χ0) is 18.4. The number of hydrogen-bond acceptors (Lipinski definition) is 2. The highest BCUT2D eigenvalue weighted by molar-refractivity contribution is 6.04. The van der Waals surface area contributed by atoms with Crippen LogP contribution in [0.15, 0.2) is 48.5 Å². The molecule has 0 unspecified atom stereocenters. The summed E-state index contributed by atoms with van der Waals surface area (Å²) < 4.78 is 0. The third kappa shape index (κ3) is 5.43. The van der Waals surface area contributed by atoms with E-state index in [-0.39, 0.29) is 11.3 Å². The summed E-state index contributed by atoms with van der Waals surface area (Å²) in [4.78, 5) is 14.8. The van der Waals surface area contributed by atoms with Crippen molar-refractivity contribution < 1.29 is 4.79 Å². The fraction of sp³-hybridized carbons (Fsp3) is 0.409. The predicted octanol–water partition coefficient (Wildman–Crippen LogP) is 5.08. The first-order chi connectivity index (χ1) is 11.8. The lowest BCUT2D eigenvalue weighted by Crippen LogP contribution is -2.22. The minimum Gasteiger partial charge on any atom is -0.322 e. The molecular formula is C22H30N2O. The highest BCUT2D eigenvalue weighted by Crippen LogP contribution is 2.23. The molecule has 25 heavy (non-hydrogen) atoms. The lowest BCUT2D eigenvalue weighted by atomic mass is 9.87. The van der Waals surface area contributed by atoms with Gasteiger partial charge in [-0.3, -0.25) is 9.69 Å². The van der Waals surface area contributed by atoms with Gasteiger partial charge in [0.25, 0.3) is 5.91 Å². The second kappa shape index (κ2) is 8.30. The summed E-state index contributed by atoms with van der Waals surface area (Å²) in [5, 5.41) is 2.97. The van der Waals surface area contributed by atoms with Crippen molar-refractivity contribution in [1.29, 1.82) is 0 Å². The Balaban J connectivity index is 2.01. The lowest BCUT2D eigenvalue weighted by molar-refractivity contribution is 0.102. The molecule has 0 spiro atoms. The average molecular weight is 338 g/mol. The summed E-state index contributed by atoms with van der Waals surface area (Å²) in [6.45, 7) is 13.9. The van der Waals surface area contributed by atoms with Crippen molar-refractivity contribution >= 4 is 11.6 Å². The Morgan fingerprint density at radius 2 is 1.48 bits per heavy atom. The average Bonchev–Trinajstić information content (AvgIpc) is 2.59. The number of carbonyl (C=O) groups excluding carboxylic acids is 1. The molecule has 0 radical (unpaired) electrons. The monoisotopic (exact) mass is 338 g/mol. The fourth-order valence-electron chi connectivity index (χ4n) is 2.72. The van der Waals surface area contributed by atoms with Crippen molar-refractivity contribution in [2.24, 2.45) is 0 Å². The maximum atomic E-state index is 12.4. The van der Waals surface area contributed by atoms with E-state index in [1.807, 2.05) is 36.4 Å². The minimum absolute atomic E-state index is 0.0714. The van der Waals surface area contributed by atoms with E-state index >= 15 is 0 Å². The van der Waals surface area contributed by atoms with E-state index in [0.717, 1.165) is 25.3 Å². The number of rotatable bonds is 6. The number of anilines is 1. The van der Waals surface area contributed by atoms with Gasteiger partial charge in [0.1, 0.15) is 0 Å². The molecule has 3 heteroatoms. The Morgan fingerprint density at radius 3 is 1.96 bits per heavy atom. The van der Waals surface area contributed by atoms with Gasteiger partial charge in [0, 0.05) is 17.8 Å². The van der Waals surface area contributed by atoms with Crippen molar-refractivity contribution in [2.75, 3.05) is 18.4 Å². The molecule has 2 aromatic rings. The molecule has 0 aliphatic heterocycles. The van der Waals surface area contributed by atoms with Crippen LogP contribution in [-0.4, -0.2) is 23.9 Å². The second-order valence-corrected chi connectivity index (χ2v) is 7.44. The molecule has 0 aliphatic rings. The maximum absolute atomic E-state index is 12.4. The van der Waals surface area contributed by atoms with Crippen molar-refractivity contribution in [1.82, 2.24) is 4.90 Å². The van der Waals surface area contributed by atoms with E-state index in [1.54, 1.807) is 0 Å². The van der Waals surface area contributed by atoms with Gasteiger partial charge in [-0.1, -0.05) is 58.9 Å². The van der Waals surface area contributed by atoms with Gasteiger partial charge in [0.05, 0.1) is 0 Å². The molecule has 2 rings (SSSR count). The Bertz CT molecular complexity index is 677. The number of nitrogens with one attached hydrogen (secondary N) is 1. The second-order valence-electron chi connectivity index (χ2n) is 7.44. The van der Waals surface area contributed by atoms with Gasteiger partial charge in [-0.2, -0.15) is 0 Å². The number of hydrogen-bond donors (Lipinski definition) is 1. The van der Waals surface area contributed by atoms with Crippen LogP contribution in [0.25, 0.3) is 0 Å². The van der Waals surface area contributed by atoms with Crippen LogP contribution in [0.4, 0.5) is 5.69 Å². The fourth-order valence-corrected chi connectivity index (χ4v) is 2.72. The third-order valence-electron chi connectivity index (χ3n) is 4.53. The molecule has 0 aromatic heterocycles. The van der Waals surface area contributed by atoms with Crippen LogP contribution >= 0.6 is 0 Å². The molecule has 134 valence electrons. The van der Waals surface area contributed by atoms with Gasteiger partial charge < -0.3 is 5.32 Å². The van der Waals surface area contributed by atoms with E-state index in [9.17, 15) is 4.79 Å². The first kappa shape index (κ1) is 19.2. The Labute approximate surface area is 152 Å². The largest absolute Gasteiger partial charge is 0.322 e. The predicted molar refractivity (Wildman–Crippen MR) is 106 cm³/mol. The highest BCUT2D eigenvalue weighted by atomic mass is 16.1. The van der Waals surface area contributed by atoms with Crippen molar-refractivity contribution in [3.05, 3.63) is 65.2 Å². The Morgan fingerprint density at radius 1 is 0.920 bits per heavy atom. The molecule has 1 amide bonds. The van der Waals surface area contributed by atoms with E-state index in [0.29, 0.717) is 5.56 Å². The molecule has 0 fully saturated rings. The first-order valence-corrected chi connectivity index (χ1v) is 9.06. The summed E-state index contributed by atoms with van der Waals surface area (Å²) in [5.74, 6) is -0.0714. The number of carbonyl (C=O) groups is 1. The van der Waals surface area contributed by atoms with Crippen LogP contribution in [0, 0.1) is 0 Å². The van der Waals surface area contributed by atoms with Gasteiger partial charge in [-0.25, -0.2) is 0 Å². The summed E-state index contributed by atoms with van der Waals surface area (Å²) in [7, 11) is 0. The lowest BCUT2D eigenvalue weighted by Gasteiger charge is -2.19. The smallest absolute Gasteiger partial charge is 0.255 e. The van der Waals surface area contributed by atoms with E-state index in [4.69, 9.17) is 0 Å². The van der Waals surface area contributed by atoms with E-state index in [2.05, 4.69) is 57.0 Å². The number of benzene rings is 2. The van der Waals surface area contributed by atoms with Gasteiger partial charge in [0.15, 0.2) is 0 Å². The molecule has 0 saturated heterocycles. The minimum atomic E-state index is -0.0714. The van der Waals surface area contributed by atoms with Crippen LogP contribution in [-0.2, 0) is 12.0 Å². The van der Waals surface area contributed by atoms with Crippen molar-refractivity contribution in [2.45, 2.75) is 46.6 Å². The number of nitrogens with zero attached hydrogens (tertiary/aromatic N) is 1. The van der Waals surface area contributed by atoms with Gasteiger partial charge in [-0.15, -0.1) is 0 Å². The van der Waals surface area contributed by atoms with E-state index < -0.39 is 0 Å². The molecule has 0 atom stereocenters. The molecule has 0 bridgehead atoms. The molecule has 0 saturated carbocycles. The zero-order valence-electron chi connectivity index (χ0n) is 16.1. The quantitative estimate of drug-likeness (QED) is 0.797. The normalized spacial score (nSPS) is 11.6. The molecular weight excluding hydrogens is 308 g/mol. The van der Waals surface area contributed by atoms with Gasteiger partial charge in [0.2, 0.25) is 0 Å². The van der Waals surface area contributed by atoms with Gasteiger partial charge >= 0.3 is 0 Å². The van der Waals surface area contributed by atoms with Crippen LogP contribution in [0.2, 0.25) is 0 Å². The van der Waals surface area contributed by atoms with Gasteiger partial charge in [-0.05, 0) is 53.9 Å². The Kier molecular flexibility index (Phi) is 6.38. The molecule has 3 nitrogen and oxygen atoms in total. The summed E-state index contributed by atoms with van der Waals surface area (Å²) in [6, 6.07) is 16.0. The van der Waals surface area contributed by atoms with Crippen LogP contribution < -0.4 is 5.32 Å². The molecule has 1 N–H and O–H groups in total. The highest BCUT2D eigenvalue weighted by Gasteiger charge is 2.13. The summed E-state index contributed by atoms with van der Waals surface area (Å²) >= 11 is 0. The molecule has 2 aromatic carbocycles. The zero-order valence-corrected chi connectivity index (χ0v) is 16.1. The topological polar surface area (TPSA) is 32.3 Å². The number of amides is 1. The SMILES string of the molecule is CCN(CC)Cc1ccc(C(=O)Nc2ccc(C(C)(C)C)cc2)cc1. The summed E-state index contributed by atoms with van der Waals surface area (Å²) in [5.41, 5.74) is 4.11. The maximum Gasteiger partial charge on any atom is 0.255 e. The third-order valence-corrected chi connectivity index (χ3v) is 4.53.